The number of hydrogen-bond acceptors (Lipinski definition) is 8. The van der Waals surface area contributed by atoms with Gasteiger partial charge in [0, 0.05) is 37.3 Å². The van der Waals surface area contributed by atoms with Crippen molar-refractivity contribution in [3.8, 4) is 5.75 Å². The smallest absolute Gasteiger partial charge is 0.181 e. The van der Waals surface area contributed by atoms with Gasteiger partial charge in [-0.25, -0.2) is 4.98 Å². The highest BCUT2D eigenvalue weighted by Gasteiger charge is 2.21. The molecule has 3 heterocycles. The number of ketones is 1. The minimum absolute atomic E-state index is 0.0552. The molecule has 2 aliphatic rings. The maximum atomic E-state index is 12.7. The normalized spacial score (nSPS) is 16.7. The molecule has 1 saturated heterocycles. The first kappa shape index (κ1) is 24.5. The van der Waals surface area contributed by atoms with Crippen LogP contribution < -0.4 is 10.1 Å². The second kappa shape index (κ2) is 11.2. The summed E-state index contributed by atoms with van der Waals surface area (Å²) in [5.74, 6) is 1.61. The Labute approximate surface area is 211 Å². The van der Waals surface area contributed by atoms with Gasteiger partial charge in [0.2, 0.25) is 0 Å². The number of carbonyl (C=O) groups excluding carboxylic acids is 1. The van der Waals surface area contributed by atoms with E-state index in [1.165, 1.54) is 17.5 Å². The van der Waals surface area contributed by atoms with Crippen molar-refractivity contribution < 1.29 is 23.8 Å². The van der Waals surface area contributed by atoms with Crippen molar-refractivity contribution in [1.29, 1.82) is 0 Å². The predicted octanol–water partition coefficient (Wildman–Crippen LogP) is 3.75. The first-order valence-electron chi connectivity index (χ1n) is 12.5. The van der Waals surface area contributed by atoms with Crippen molar-refractivity contribution in [1.82, 2.24) is 9.88 Å². The van der Waals surface area contributed by atoms with E-state index in [1.54, 1.807) is 0 Å². The van der Waals surface area contributed by atoms with Gasteiger partial charge in [-0.05, 0) is 55.2 Å². The van der Waals surface area contributed by atoms with Gasteiger partial charge in [-0.1, -0.05) is 18.2 Å². The molecule has 8 nitrogen and oxygen atoms in total. The van der Waals surface area contributed by atoms with Crippen molar-refractivity contribution in [3.05, 3.63) is 77.0 Å². The molecule has 2 aliphatic heterocycles. The van der Waals surface area contributed by atoms with Crippen LogP contribution in [0.3, 0.4) is 0 Å². The highest BCUT2D eigenvalue weighted by Crippen LogP contribution is 2.25. The molecule has 5 rings (SSSR count). The summed E-state index contributed by atoms with van der Waals surface area (Å²) in [6.07, 6.45) is 2.56. The molecule has 0 aliphatic carbocycles. The number of aliphatic hydroxyl groups is 1. The minimum Gasteiger partial charge on any atom is -0.486 e. The molecular weight excluding hydrogens is 458 g/mol. The lowest BCUT2D eigenvalue weighted by Gasteiger charge is -2.30. The number of β-amino-alcohol motifs (C(OH)–C–C–N with tert-alkyl or cyclic N) is 1. The van der Waals surface area contributed by atoms with E-state index in [-0.39, 0.29) is 5.78 Å². The van der Waals surface area contributed by atoms with Gasteiger partial charge in [0.15, 0.2) is 17.9 Å². The molecule has 0 saturated carbocycles. The number of ether oxygens (including phenoxy) is 2. The Morgan fingerprint density at radius 3 is 2.92 bits per heavy atom. The summed E-state index contributed by atoms with van der Waals surface area (Å²) in [5, 5.41) is 14.0. The zero-order chi connectivity index (χ0) is 24.9. The predicted molar refractivity (Wildman–Crippen MR) is 135 cm³/mol. The van der Waals surface area contributed by atoms with Crippen LogP contribution in [0.25, 0.3) is 0 Å². The molecule has 0 radical (unpaired) electrons. The minimum atomic E-state index is -0.545. The third-order valence-corrected chi connectivity index (χ3v) is 6.85. The van der Waals surface area contributed by atoms with Crippen molar-refractivity contribution in [2.24, 2.45) is 0 Å². The number of benzene rings is 2. The van der Waals surface area contributed by atoms with Gasteiger partial charge >= 0.3 is 0 Å². The number of hydrogen-bond donors (Lipinski definition) is 2. The molecule has 3 aromatic rings. The number of aromatic nitrogens is 1. The molecule has 0 bridgehead atoms. The molecule has 2 N–H and O–H groups in total. The Kier molecular flexibility index (Phi) is 7.65. The lowest BCUT2D eigenvalue weighted by Crippen LogP contribution is -2.40. The zero-order valence-corrected chi connectivity index (χ0v) is 20.6. The fraction of sp³-hybridized carbons (Fsp3) is 0.429. The number of nitrogens with one attached hydrogen (secondary N) is 1. The van der Waals surface area contributed by atoms with Crippen molar-refractivity contribution in [2.75, 3.05) is 31.6 Å². The lowest BCUT2D eigenvalue weighted by molar-refractivity contribution is 0.0211. The fourth-order valence-corrected chi connectivity index (χ4v) is 4.62. The number of aryl methyl sites for hydroxylation is 1. The SMILES string of the molecule is Cc1ncoc1COc1ccc2c(c1)CCN(C[C@@H](O)CCC(=O)c1cccc(NC3COC3)c1)C2. The molecule has 1 fully saturated rings. The maximum absolute atomic E-state index is 12.7. The molecule has 2 aromatic carbocycles. The van der Waals surface area contributed by atoms with E-state index in [1.807, 2.05) is 37.3 Å². The largest absolute Gasteiger partial charge is 0.486 e. The Morgan fingerprint density at radius 2 is 2.14 bits per heavy atom. The van der Waals surface area contributed by atoms with Crippen LogP contribution in [0.5, 0.6) is 5.75 Å². The topological polar surface area (TPSA) is 97.1 Å². The first-order valence-corrected chi connectivity index (χ1v) is 12.5. The van der Waals surface area contributed by atoms with Gasteiger partial charge in [-0.3, -0.25) is 9.69 Å². The lowest BCUT2D eigenvalue weighted by atomic mass is 9.98. The van der Waals surface area contributed by atoms with Crippen LogP contribution in [0.1, 0.15) is 45.8 Å². The third-order valence-electron chi connectivity index (χ3n) is 6.85. The summed E-state index contributed by atoms with van der Waals surface area (Å²) in [4.78, 5) is 19.0. The van der Waals surface area contributed by atoms with Crippen molar-refractivity contribution in [2.45, 2.75) is 51.5 Å². The van der Waals surface area contributed by atoms with Gasteiger partial charge in [0.1, 0.15) is 12.4 Å². The molecule has 190 valence electrons. The van der Waals surface area contributed by atoms with Crippen molar-refractivity contribution in [3.63, 3.8) is 0 Å². The monoisotopic (exact) mass is 491 g/mol. The van der Waals surface area contributed by atoms with Gasteiger partial charge in [-0.15, -0.1) is 0 Å². The van der Waals surface area contributed by atoms with Crippen LogP contribution in [-0.4, -0.2) is 59.2 Å². The number of anilines is 1. The molecule has 8 heteroatoms. The Balaban J connectivity index is 1.07. The number of fused-ring (bicyclic) bond motifs is 1. The number of rotatable bonds is 11. The summed E-state index contributed by atoms with van der Waals surface area (Å²) >= 11 is 0. The molecule has 0 amide bonds. The molecule has 1 atom stereocenters. The second-order valence-electron chi connectivity index (χ2n) is 9.64. The summed E-state index contributed by atoms with van der Waals surface area (Å²) in [7, 11) is 0. The fourth-order valence-electron chi connectivity index (χ4n) is 4.62. The van der Waals surface area contributed by atoms with E-state index in [2.05, 4.69) is 27.3 Å². The second-order valence-corrected chi connectivity index (χ2v) is 9.64. The molecule has 0 spiro atoms. The van der Waals surface area contributed by atoms with E-state index in [0.717, 1.165) is 42.4 Å². The van der Waals surface area contributed by atoms with E-state index in [4.69, 9.17) is 13.9 Å². The maximum Gasteiger partial charge on any atom is 0.181 e. The highest BCUT2D eigenvalue weighted by molar-refractivity contribution is 5.96. The summed E-state index contributed by atoms with van der Waals surface area (Å²) < 4.78 is 16.4. The summed E-state index contributed by atoms with van der Waals surface area (Å²) in [6.45, 7) is 5.85. The number of Topliss-reactive ketones (excluding diaryl/α,β-unsaturated/α-hetero) is 1. The number of aliphatic hydroxyl groups excluding tert-OH is 1. The molecule has 36 heavy (non-hydrogen) atoms. The summed E-state index contributed by atoms with van der Waals surface area (Å²) in [5.41, 5.74) is 4.96. The molecule has 1 aromatic heterocycles. The van der Waals surface area contributed by atoms with Crippen LogP contribution in [0, 0.1) is 6.92 Å². The zero-order valence-electron chi connectivity index (χ0n) is 20.6. The van der Waals surface area contributed by atoms with Crippen LogP contribution >= 0.6 is 0 Å². The summed E-state index contributed by atoms with van der Waals surface area (Å²) in [6, 6.07) is 14.1. The number of oxazole rings is 1. The van der Waals surface area contributed by atoms with E-state index < -0.39 is 6.10 Å². The first-order chi connectivity index (χ1) is 17.5. The third kappa shape index (κ3) is 6.13. The van der Waals surface area contributed by atoms with Gasteiger partial charge < -0.3 is 24.3 Å². The number of nitrogens with zero attached hydrogens (tertiary/aromatic N) is 2. The number of carbonyl (C=O) groups is 1. The van der Waals surface area contributed by atoms with Gasteiger partial charge in [-0.2, -0.15) is 0 Å². The standard InChI is InChI=1S/C28H33N3O5/c1-19-28(36-18-29-19)17-35-26-7-5-22-13-31(10-9-20(22)12-26)14-25(32)6-8-27(33)21-3-2-4-23(11-21)30-24-15-34-16-24/h2-5,7,11-12,18,24-25,30,32H,6,8-10,13-17H2,1H3/t25-/m0/s1. The highest BCUT2D eigenvalue weighted by atomic mass is 16.5. The van der Waals surface area contributed by atoms with E-state index >= 15 is 0 Å². The quantitative estimate of drug-likeness (QED) is 0.392. The van der Waals surface area contributed by atoms with E-state index in [9.17, 15) is 9.90 Å². The van der Waals surface area contributed by atoms with Gasteiger partial charge in [0.05, 0.1) is 31.1 Å². The van der Waals surface area contributed by atoms with Crippen LogP contribution in [0.4, 0.5) is 5.69 Å². The van der Waals surface area contributed by atoms with Gasteiger partial charge in [0.25, 0.3) is 0 Å². The Morgan fingerprint density at radius 1 is 1.25 bits per heavy atom. The van der Waals surface area contributed by atoms with Crippen molar-refractivity contribution >= 4 is 11.5 Å². The van der Waals surface area contributed by atoms with E-state index in [0.29, 0.717) is 50.8 Å². The molecular formula is C28H33N3O5. The molecule has 0 unspecified atom stereocenters. The average molecular weight is 492 g/mol. The average Bonchev–Trinajstić information content (AvgIpc) is 3.28. The van der Waals surface area contributed by atoms with Crippen LogP contribution in [0.15, 0.2) is 53.3 Å². The Hall–Kier alpha value is -3.20. The van der Waals surface area contributed by atoms with Crippen LogP contribution in [-0.2, 0) is 24.3 Å². The van der Waals surface area contributed by atoms with Crippen LogP contribution in [0.2, 0.25) is 0 Å². The Bertz CT molecular complexity index is 1190.